The lowest BCUT2D eigenvalue weighted by Gasteiger charge is -2.16. The molecule has 0 radical (unpaired) electrons. The highest BCUT2D eigenvalue weighted by molar-refractivity contribution is 7.80. The lowest BCUT2D eigenvalue weighted by Crippen LogP contribution is -2.30. The van der Waals surface area contributed by atoms with E-state index in [9.17, 15) is 9.59 Å². The lowest BCUT2D eigenvalue weighted by atomic mass is 10.2. The fourth-order valence-electron chi connectivity index (χ4n) is 1.90. The second kappa shape index (κ2) is 5.98. The van der Waals surface area contributed by atoms with E-state index in [4.69, 9.17) is 17.0 Å². The molecule has 1 saturated heterocycles. The van der Waals surface area contributed by atoms with Crippen molar-refractivity contribution in [2.24, 2.45) is 0 Å². The van der Waals surface area contributed by atoms with Gasteiger partial charge in [-0.3, -0.25) is 14.5 Å². The van der Waals surface area contributed by atoms with Crippen molar-refractivity contribution in [3.05, 3.63) is 24.3 Å². The van der Waals surface area contributed by atoms with Gasteiger partial charge in [-0.2, -0.15) is 0 Å². The molecule has 0 aromatic heterocycles. The summed E-state index contributed by atoms with van der Waals surface area (Å²) >= 11 is 5.14. The third kappa shape index (κ3) is 2.94. The Kier molecular flexibility index (Phi) is 4.31. The highest BCUT2D eigenvalue weighted by Crippen LogP contribution is 2.23. The Morgan fingerprint density at radius 1 is 1.55 bits per heavy atom. The summed E-state index contributed by atoms with van der Waals surface area (Å²) in [6, 6.07) is 6.59. The van der Waals surface area contributed by atoms with Gasteiger partial charge in [0.15, 0.2) is 5.11 Å². The first-order valence-corrected chi connectivity index (χ1v) is 6.47. The van der Waals surface area contributed by atoms with Gasteiger partial charge in [0.2, 0.25) is 5.91 Å². The van der Waals surface area contributed by atoms with Gasteiger partial charge in [0.05, 0.1) is 5.69 Å². The zero-order chi connectivity index (χ0) is 14.7. The Labute approximate surface area is 122 Å². The summed E-state index contributed by atoms with van der Waals surface area (Å²) in [5, 5.41) is 5.94. The Balaban J connectivity index is 2.20. The van der Waals surface area contributed by atoms with Gasteiger partial charge in [-0.1, -0.05) is 6.07 Å². The van der Waals surface area contributed by atoms with Crippen molar-refractivity contribution >= 4 is 40.5 Å². The van der Waals surface area contributed by atoms with Gasteiger partial charge < -0.3 is 15.4 Å². The summed E-state index contributed by atoms with van der Waals surface area (Å²) in [7, 11) is 1.45. The van der Waals surface area contributed by atoms with Gasteiger partial charge in [-0.15, -0.1) is 0 Å². The first-order valence-electron chi connectivity index (χ1n) is 6.06. The van der Waals surface area contributed by atoms with Crippen molar-refractivity contribution in [2.75, 3.05) is 23.9 Å². The molecule has 1 unspecified atom stereocenters. The Hall–Kier alpha value is -1.99. The van der Waals surface area contributed by atoms with E-state index < -0.39 is 0 Å². The average molecular weight is 293 g/mol. The van der Waals surface area contributed by atoms with E-state index in [1.165, 1.54) is 12.0 Å². The number of carbonyl (C=O) groups excluding carboxylic acids is 2. The zero-order valence-corrected chi connectivity index (χ0v) is 12.0. The van der Waals surface area contributed by atoms with Crippen LogP contribution < -0.4 is 15.5 Å². The van der Waals surface area contributed by atoms with Crippen LogP contribution >= 0.6 is 12.2 Å². The highest BCUT2D eigenvalue weighted by Gasteiger charge is 2.33. The van der Waals surface area contributed by atoms with Gasteiger partial charge in [0, 0.05) is 12.8 Å². The second-order valence-corrected chi connectivity index (χ2v) is 4.76. The summed E-state index contributed by atoms with van der Waals surface area (Å²) < 4.78 is 4.75. The molecule has 1 aliphatic heterocycles. The molecule has 6 nitrogen and oxygen atoms in total. The van der Waals surface area contributed by atoms with Crippen molar-refractivity contribution in [1.29, 1.82) is 0 Å². The minimum atomic E-state index is -0.339. The molecule has 1 heterocycles. The minimum absolute atomic E-state index is 0.0239. The quantitative estimate of drug-likeness (QED) is 0.807. The normalized spacial score (nSPS) is 18.1. The molecule has 2 rings (SSSR count). The predicted molar refractivity (Wildman–Crippen MR) is 79.6 cm³/mol. The summed E-state index contributed by atoms with van der Waals surface area (Å²) in [6.45, 7) is 1.72. The molecule has 1 atom stereocenters. The number of carbonyl (C=O) groups is 2. The molecule has 1 fully saturated rings. The molecule has 2 N–H and O–H groups in total. The van der Waals surface area contributed by atoms with Crippen molar-refractivity contribution < 1.29 is 14.3 Å². The number of nitrogens with zero attached hydrogens (tertiary/aromatic N) is 1. The number of methoxy groups -OCH3 is 1. The Morgan fingerprint density at radius 2 is 2.30 bits per heavy atom. The number of anilines is 2. The smallest absolute Gasteiger partial charge is 0.255 e. The van der Waals surface area contributed by atoms with Crippen molar-refractivity contribution in [2.45, 2.75) is 13.0 Å². The van der Waals surface area contributed by atoms with Crippen LogP contribution in [0.2, 0.25) is 0 Å². The monoisotopic (exact) mass is 293 g/mol. The van der Waals surface area contributed by atoms with Crippen molar-refractivity contribution in [3.63, 3.8) is 0 Å². The summed E-state index contributed by atoms with van der Waals surface area (Å²) in [4.78, 5) is 24.9. The van der Waals surface area contributed by atoms with Crippen LogP contribution in [0.4, 0.5) is 11.4 Å². The Morgan fingerprint density at radius 3 is 2.90 bits per heavy atom. The largest absolute Gasteiger partial charge is 0.375 e. The molecule has 1 aromatic rings. The highest BCUT2D eigenvalue weighted by atomic mass is 32.1. The van der Waals surface area contributed by atoms with Crippen LogP contribution in [0.15, 0.2) is 24.3 Å². The zero-order valence-electron chi connectivity index (χ0n) is 11.2. The topological polar surface area (TPSA) is 70.7 Å². The van der Waals surface area contributed by atoms with Crippen LogP contribution in [-0.2, 0) is 14.3 Å². The van der Waals surface area contributed by atoms with Crippen LogP contribution in [0.1, 0.15) is 6.92 Å². The lowest BCUT2D eigenvalue weighted by molar-refractivity contribution is -0.119. The molecule has 20 heavy (non-hydrogen) atoms. The van der Waals surface area contributed by atoms with Crippen LogP contribution in [0.5, 0.6) is 0 Å². The minimum Gasteiger partial charge on any atom is -0.375 e. The van der Waals surface area contributed by atoms with Gasteiger partial charge in [-0.05, 0) is 37.3 Å². The maximum atomic E-state index is 12.0. The second-order valence-electron chi connectivity index (χ2n) is 4.38. The third-order valence-corrected chi connectivity index (χ3v) is 3.10. The number of hydrogen-bond donors (Lipinski definition) is 2. The van der Waals surface area contributed by atoms with E-state index in [0.29, 0.717) is 16.5 Å². The van der Waals surface area contributed by atoms with Crippen LogP contribution in [0.25, 0.3) is 0 Å². The number of thiocarbonyl (C=S) groups is 1. The molecule has 2 amide bonds. The third-order valence-electron chi connectivity index (χ3n) is 2.80. The molecule has 0 spiro atoms. The maximum absolute atomic E-state index is 12.0. The summed E-state index contributed by atoms with van der Waals surface area (Å²) in [5.41, 5.74) is 1.20. The van der Waals surface area contributed by atoms with E-state index in [-0.39, 0.29) is 24.5 Å². The first-order chi connectivity index (χ1) is 9.52. The van der Waals surface area contributed by atoms with Gasteiger partial charge in [-0.25, -0.2) is 0 Å². The number of ether oxygens (including phenoxy) is 1. The van der Waals surface area contributed by atoms with Crippen LogP contribution in [0, 0.1) is 0 Å². The van der Waals surface area contributed by atoms with Gasteiger partial charge in [0.1, 0.15) is 12.6 Å². The van der Waals surface area contributed by atoms with Crippen LogP contribution in [0.3, 0.4) is 0 Å². The molecule has 0 saturated carbocycles. The molecule has 7 heteroatoms. The van der Waals surface area contributed by atoms with Gasteiger partial charge >= 0.3 is 0 Å². The molecule has 106 valence electrons. The van der Waals surface area contributed by atoms with E-state index in [1.807, 2.05) is 0 Å². The molecule has 0 bridgehead atoms. The van der Waals surface area contributed by atoms with Crippen LogP contribution in [-0.4, -0.2) is 36.7 Å². The maximum Gasteiger partial charge on any atom is 0.255 e. The van der Waals surface area contributed by atoms with E-state index in [2.05, 4.69) is 10.6 Å². The number of amides is 2. The van der Waals surface area contributed by atoms with E-state index in [1.54, 1.807) is 31.2 Å². The number of benzene rings is 1. The number of rotatable bonds is 4. The molecule has 1 aromatic carbocycles. The van der Waals surface area contributed by atoms with Crippen molar-refractivity contribution in [3.8, 4) is 0 Å². The van der Waals surface area contributed by atoms with E-state index in [0.717, 1.165) is 0 Å². The number of hydrogen-bond acceptors (Lipinski definition) is 4. The predicted octanol–water partition coefficient (Wildman–Crippen LogP) is 0.881. The molecular formula is C13H15N3O3S. The first kappa shape index (κ1) is 14.4. The molecule has 0 aliphatic carbocycles. The summed E-state index contributed by atoms with van der Waals surface area (Å²) in [6.07, 6.45) is 0. The fraction of sp³-hybridized carbons (Fsp3) is 0.308. The standard InChI is InChI=1S/C13H15N3O3S/c1-8-12(18)16(13(20)14-8)10-5-3-4-9(6-10)15-11(17)7-19-2/h3-6,8H,7H2,1-2H3,(H,14,20)(H,15,17). The molecule has 1 aliphatic rings. The van der Waals surface area contributed by atoms with E-state index >= 15 is 0 Å². The SMILES string of the molecule is COCC(=O)Nc1cccc(N2C(=O)C(C)NC2=S)c1. The fourth-order valence-corrected chi connectivity index (χ4v) is 2.27. The average Bonchev–Trinajstić information content (AvgIpc) is 2.63. The molecular weight excluding hydrogens is 278 g/mol. The Bertz CT molecular complexity index is 562. The van der Waals surface area contributed by atoms with Crippen molar-refractivity contribution in [1.82, 2.24) is 5.32 Å². The van der Waals surface area contributed by atoms with Gasteiger partial charge in [0.25, 0.3) is 5.91 Å². The summed E-state index contributed by atoms with van der Waals surface area (Å²) in [5.74, 6) is -0.373. The number of nitrogens with one attached hydrogen (secondary N) is 2.